The number of benzene rings is 2. The van der Waals surface area contributed by atoms with E-state index in [-0.39, 0.29) is 18.4 Å². The van der Waals surface area contributed by atoms with E-state index >= 15 is 0 Å². The minimum absolute atomic E-state index is 0.0157. The zero-order valence-corrected chi connectivity index (χ0v) is 18.7. The van der Waals surface area contributed by atoms with Crippen LogP contribution in [0.4, 0.5) is 11.4 Å². The van der Waals surface area contributed by atoms with Gasteiger partial charge in [0.25, 0.3) is 0 Å². The molecule has 4 rings (SSSR count). The van der Waals surface area contributed by atoms with Crippen molar-refractivity contribution in [2.75, 3.05) is 22.9 Å². The standard InChI is InChI=1S/C24H27BrN2O2/c1-3-13-24(14-4-2)22-18(25)9-7-11-20(22)27(23(24)29)16-21(28)26-15-12-17-8-5-6-10-19(17)26/h5-11H,3-4,12-16H2,1-2H3. The van der Waals surface area contributed by atoms with E-state index in [1.54, 1.807) is 4.90 Å². The number of nitrogens with zero attached hydrogens (tertiary/aromatic N) is 2. The SMILES string of the molecule is CCCC1(CCC)C(=O)N(CC(=O)N2CCc3ccccc32)c2cccc(Br)c21. The summed E-state index contributed by atoms with van der Waals surface area (Å²) in [6.07, 6.45) is 4.31. The fourth-order valence-corrected chi connectivity index (χ4v) is 5.84. The molecule has 2 amide bonds. The Morgan fingerprint density at radius 2 is 1.72 bits per heavy atom. The highest BCUT2D eigenvalue weighted by molar-refractivity contribution is 9.10. The molecule has 0 spiro atoms. The molecule has 2 aromatic carbocycles. The van der Waals surface area contributed by atoms with Crippen LogP contribution in [0.1, 0.15) is 50.7 Å². The van der Waals surface area contributed by atoms with Crippen LogP contribution in [0, 0.1) is 0 Å². The lowest BCUT2D eigenvalue weighted by Crippen LogP contribution is -2.46. The maximum atomic E-state index is 13.7. The third-order valence-electron chi connectivity index (χ3n) is 6.25. The normalized spacial score (nSPS) is 16.9. The van der Waals surface area contributed by atoms with Crippen molar-refractivity contribution in [3.63, 3.8) is 0 Å². The lowest BCUT2D eigenvalue weighted by molar-refractivity contribution is -0.126. The number of rotatable bonds is 6. The zero-order valence-electron chi connectivity index (χ0n) is 17.1. The smallest absolute Gasteiger partial charge is 0.247 e. The summed E-state index contributed by atoms with van der Waals surface area (Å²) >= 11 is 3.70. The first-order chi connectivity index (χ1) is 14.0. The molecule has 2 aliphatic heterocycles. The van der Waals surface area contributed by atoms with E-state index in [1.165, 1.54) is 5.56 Å². The van der Waals surface area contributed by atoms with Crippen LogP contribution >= 0.6 is 15.9 Å². The third-order valence-corrected chi connectivity index (χ3v) is 6.91. The van der Waals surface area contributed by atoms with Gasteiger partial charge in [-0.05, 0) is 43.0 Å². The first kappa shape index (κ1) is 20.1. The van der Waals surface area contributed by atoms with Crippen molar-refractivity contribution in [2.45, 2.75) is 51.4 Å². The van der Waals surface area contributed by atoms with Crippen molar-refractivity contribution < 1.29 is 9.59 Å². The first-order valence-corrected chi connectivity index (χ1v) is 11.3. The van der Waals surface area contributed by atoms with Crippen molar-refractivity contribution in [1.82, 2.24) is 0 Å². The van der Waals surface area contributed by atoms with Crippen molar-refractivity contribution in [2.24, 2.45) is 0 Å². The molecular weight excluding hydrogens is 428 g/mol. The molecule has 4 nitrogen and oxygen atoms in total. The second-order valence-electron chi connectivity index (χ2n) is 8.03. The lowest BCUT2D eigenvalue weighted by atomic mass is 9.74. The molecule has 0 radical (unpaired) electrons. The average Bonchev–Trinajstić information content (AvgIpc) is 3.23. The maximum absolute atomic E-state index is 13.7. The number of hydrogen-bond acceptors (Lipinski definition) is 2. The Morgan fingerprint density at radius 3 is 2.45 bits per heavy atom. The van der Waals surface area contributed by atoms with Gasteiger partial charge < -0.3 is 9.80 Å². The number of hydrogen-bond donors (Lipinski definition) is 0. The Bertz CT molecular complexity index is 950. The summed E-state index contributed by atoms with van der Waals surface area (Å²) in [6.45, 7) is 5.01. The predicted octanol–water partition coefficient (Wildman–Crippen LogP) is 5.22. The van der Waals surface area contributed by atoms with E-state index in [0.29, 0.717) is 6.54 Å². The van der Waals surface area contributed by atoms with Gasteiger partial charge in [0, 0.05) is 28.0 Å². The summed E-state index contributed by atoms with van der Waals surface area (Å²) in [6, 6.07) is 14.0. The van der Waals surface area contributed by atoms with E-state index in [1.807, 2.05) is 41.3 Å². The fourth-order valence-electron chi connectivity index (χ4n) is 5.10. The van der Waals surface area contributed by atoms with E-state index in [9.17, 15) is 9.59 Å². The number of carbonyl (C=O) groups is 2. The van der Waals surface area contributed by atoms with Gasteiger partial charge in [-0.3, -0.25) is 9.59 Å². The summed E-state index contributed by atoms with van der Waals surface area (Å²) in [4.78, 5) is 30.6. The van der Waals surface area contributed by atoms with Gasteiger partial charge in [0.1, 0.15) is 6.54 Å². The van der Waals surface area contributed by atoms with Gasteiger partial charge in [-0.2, -0.15) is 0 Å². The van der Waals surface area contributed by atoms with Gasteiger partial charge in [-0.1, -0.05) is 66.9 Å². The second-order valence-corrected chi connectivity index (χ2v) is 8.89. The zero-order chi connectivity index (χ0) is 20.6. The van der Waals surface area contributed by atoms with Crippen LogP contribution in [0.15, 0.2) is 46.9 Å². The van der Waals surface area contributed by atoms with Crippen molar-refractivity contribution in [1.29, 1.82) is 0 Å². The van der Waals surface area contributed by atoms with Crippen molar-refractivity contribution >= 4 is 39.1 Å². The Labute approximate surface area is 181 Å². The van der Waals surface area contributed by atoms with Gasteiger partial charge in [0.2, 0.25) is 11.8 Å². The molecule has 0 saturated heterocycles. The van der Waals surface area contributed by atoms with Gasteiger partial charge in [0.15, 0.2) is 0 Å². The molecule has 152 valence electrons. The van der Waals surface area contributed by atoms with Crippen LogP contribution in [0.2, 0.25) is 0 Å². The molecule has 0 aromatic heterocycles. The van der Waals surface area contributed by atoms with Gasteiger partial charge in [-0.15, -0.1) is 0 Å². The minimum Gasteiger partial charge on any atom is -0.310 e. The molecule has 2 aliphatic rings. The number of fused-ring (bicyclic) bond motifs is 2. The molecule has 2 aromatic rings. The highest BCUT2D eigenvalue weighted by atomic mass is 79.9. The lowest BCUT2D eigenvalue weighted by Gasteiger charge is -2.29. The fraction of sp³-hybridized carbons (Fsp3) is 0.417. The van der Waals surface area contributed by atoms with Gasteiger partial charge in [0.05, 0.1) is 5.41 Å². The predicted molar refractivity (Wildman–Crippen MR) is 120 cm³/mol. The van der Waals surface area contributed by atoms with Crippen LogP contribution in [-0.4, -0.2) is 24.9 Å². The molecular formula is C24H27BrN2O2. The van der Waals surface area contributed by atoms with E-state index in [2.05, 4.69) is 35.8 Å². The Morgan fingerprint density at radius 1 is 1.03 bits per heavy atom. The van der Waals surface area contributed by atoms with Crippen LogP contribution in [0.5, 0.6) is 0 Å². The quantitative estimate of drug-likeness (QED) is 0.599. The summed E-state index contributed by atoms with van der Waals surface area (Å²) in [5.41, 5.74) is 3.58. The maximum Gasteiger partial charge on any atom is 0.247 e. The monoisotopic (exact) mass is 454 g/mol. The number of halogens is 1. The van der Waals surface area contributed by atoms with Crippen LogP contribution in [-0.2, 0) is 21.4 Å². The first-order valence-electron chi connectivity index (χ1n) is 10.5. The Kier molecular flexibility index (Phi) is 5.52. The van der Waals surface area contributed by atoms with Crippen LogP contribution in [0.25, 0.3) is 0 Å². The molecule has 0 N–H and O–H groups in total. The summed E-state index contributed by atoms with van der Waals surface area (Å²) in [5.74, 6) is 0.0574. The number of para-hydroxylation sites is 1. The van der Waals surface area contributed by atoms with Crippen molar-refractivity contribution in [3.05, 3.63) is 58.1 Å². The Balaban J connectivity index is 1.69. The molecule has 0 unspecified atom stereocenters. The van der Waals surface area contributed by atoms with E-state index in [0.717, 1.165) is 53.5 Å². The van der Waals surface area contributed by atoms with Crippen molar-refractivity contribution in [3.8, 4) is 0 Å². The summed E-state index contributed by atoms with van der Waals surface area (Å²) < 4.78 is 0.965. The topological polar surface area (TPSA) is 40.6 Å². The molecule has 0 bridgehead atoms. The number of anilines is 2. The largest absolute Gasteiger partial charge is 0.310 e. The molecule has 0 fully saturated rings. The summed E-state index contributed by atoms with van der Waals surface area (Å²) in [7, 11) is 0. The molecule has 5 heteroatoms. The Hall–Kier alpha value is -2.14. The molecule has 0 aliphatic carbocycles. The molecule has 0 saturated carbocycles. The molecule has 0 atom stereocenters. The van der Waals surface area contributed by atoms with Gasteiger partial charge in [-0.25, -0.2) is 0 Å². The highest BCUT2D eigenvalue weighted by Gasteiger charge is 2.51. The third kappa shape index (κ3) is 3.20. The summed E-state index contributed by atoms with van der Waals surface area (Å²) in [5, 5.41) is 0. The van der Waals surface area contributed by atoms with E-state index in [4.69, 9.17) is 0 Å². The second kappa shape index (κ2) is 7.94. The molecule has 2 heterocycles. The van der Waals surface area contributed by atoms with E-state index < -0.39 is 5.41 Å². The number of carbonyl (C=O) groups excluding carboxylic acids is 2. The average molecular weight is 455 g/mol. The van der Waals surface area contributed by atoms with Crippen LogP contribution < -0.4 is 9.80 Å². The highest BCUT2D eigenvalue weighted by Crippen LogP contribution is 2.50. The minimum atomic E-state index is -0.540. The van der Waals surface area contributed by atoms with Gasteiger partial charge >= 0.3 is 0 Å². The number of amides is 2. The van der Waals surface area contributed by atoms with Crippen LogP contribution in [0.3, 0.4) is 0 Å². The molecule has 29 heavy (non-hydrogen) atoms.